The zero-order chi connectivity index (χ0) is 15.2. The van der Waals surface area contributed by atoms with Crippen LogP contribution in [-0.2, 0) is 4.79 Å². The van der Waals surface area contributed by atoms with E-state index in [1.165, 1.54) is 17.8 Å². The van der Waals surface area contributed by atoms with Crippen LogP contribution in [0.3, 0.4) is 0 Å². The summed E-state index contributed by atoms with van der Waals surface area (Å²) in [5.74, 6) is -0.630. The van der Waals surface area contributed by atoms with Crippen molar-refractivity contribution in [2.45, 2.75) is 31.7 Å². The number of thiophene rings is 1. The summed E-state index contributed by atoms with van der Waals surface area (Å²) in [5.41, 5.74) is 11.3. The molecular formula is C14H22N4O2S. The third-order valence-electron chi connectivity index (χ3n) is 3.78. The molecule has 0 aliphatic carbocycles. The van der Waals surface area contributed by atoms with Gasteiger partial charge in [0.1, 0.15) is 5.00 Å². The molecule has 1 aliphatic rings. The molecule has 2 rings (SSSR count). The number of nitrogens with two attached hydrogens (primary N) is 2. The van der Waals surface area contributed by atoms with Gasteiger partial charge < -0.3 is 16.8 Å². The number of rotatable bonds is 6. The second kappa shape index (κ2) is 7.53. The lowest BCUT2D eigenvalue weighted by Gasteiger charge is -2.35. The smallest absolute Gasteiger partial charge is 0.251 e. The number of likely N-dealkylation sites (tertiary alicyclic amines) is 1. The molecule has 1 fully saturated rings. The first-order chi connectivity index (χ1) is 10.1. The summed E-state index contributed by atoms with van der Waals surface area (Å²) in [6, 6.07) is 2.01. The lowest BCUT2D eigenvalue weighted by atomic mass is 9.99. The molecular weight excluding hydrogens is 288 g/mol. The van der Waals surface area contributed by atoms with Crippen LogP contribution in [0.2, 0.25) is 0 Å². The number of amides is 2. The number of primary amides is 1. The van der Waals surface area contributed by atoms with Gasteiger partial charge in [0.2, 0.25) is 5.91 Å². The fraction of sp³-hybridized carbons (Fsp3) is 0.571. The van der Waals surface area contributed by atoms with E-state index < -0.39 is 5.91 Å². The number of hydrogen-bond donors (Lipinski definition) is 3. The van der Waals surface area contributed by atoms with E-state index >= 15 is 0 Å². The third kappa shape index (κ3) is 4.26. The van der Waals surface area contributed by atoms with E-state index in [1.54, 1.807) is 11.4 Å². The highest BCUT2D eigenvalue weighted by atomic mass is 32.1. The molecule has 116 valence electrons. The van der Waals surface area contributed by atoms with Gasteiger partial charge in [-0.1, -0.05) is 6.42 Å². The van der Waals surface area contributed by atoms with Gasteiger partial charge >= 0.3 is 0 Å². The molecule has 2 heterocycles. The Balaban J connectivity index is 1.94. The van der Waals surface area contributed by atoms with Crippen LogP contribution in [-0.4, -0.2) is 42.4 Å². The highest BCUT2D eigenvalue weighted by Crippen LogP contribution is 2.23. The van der Waals surface area contributed by atoms with Crippen molar-refractivity contribution in [2.75, 3.05) is 25.0 Å². The van der Waals surface area contributed by atoms with Crippen molar-refractivity contribution in [3.63, 3.8) is 0 Å². The first-order valence-corrected chi connectivity index (χ1v) is 8.11. The Labute approximate surface area is 128 Å². The fourth-order valence-corrected chi connectivity index (χ4v) is 3.55. The molecule has 0 bridgehead atoms. The topological polar surface area (TPSA) is 101 Å². The second-order valence-corrected chi connectivity index (χ2v) is 6.19. The lowest BCUT2D eigenvalue weighted by molar-refractivity contribution is -0.118. The largest absolute Gasteiger partial charge is 0.366 e. The summed E-state index contributed by atoms with van der Waals surface area (Å²) in [4.78, 5) is 25.6. The minimum Gasteiger partial charge on any atom is -0.366 e. The number of carbonyl (C=O) groups is 2. The van der Waals surface area contributed by atoms with Crippen molar-refractivity contribution in [1.29, 1.82) is 0 Å². The zero-order valence-corrected chi connectivity index (χ0v) is 12.8. The van der Waals surface area contributed by atoms with E-state index in [4.69, 9.17) is 11.5 Å². The standard InChI is InChI=1S/C14H22N4O2S/c15-6-4-10-3-1-2-7-18(10)9-12(19)17-14-11(13(16)20)5-8-21-14/h5,8,10H,1-4,6-7,9,15H2,(H2,16,20)(H,17,19). The molecule has 1 unspecified atom stereocenters. The zero-order valence-electron chi connectivity index (χ0n) is 12.0. The van der Waals surface area contributed by atoms with Crippen LogP contribution >= 0.6 is 11.3 Å². The normalized spacial score (nSPS) is 19.4. The number of nitrogens with zero attached hydrogens (tertiary/aromatic N) is 1. The number of hydrogen-bond acceptors (Lipinski definition) is 5. The molecule has 5 N–H and O–H groups in total. The average molecular weight is 310 g/mol. The number of anilines is 1. The average Bonchev–Trinajstić information content (AvgIpc) is 2.89. The fourth-order valence-electron chi connectivity index (χ4n) is 2.74. The van der Waals surface area contributed by atoms with Gasteiger partial charge in [-0.05, 0) is 43.8 Å². The Bertz CT molecular complexity index is 501. The van der Waals surface area contributed by atoms with Crippen LogP contribution in [0.5, 0.6) is 0 Å². The molecule has 6 nitrogen and oxygen atoms in total. The van der Waals surface area contributed by atoms with E-state index in [0.717, 1.165) is 25.8 Å². The molecule has 1 saturated heterocycles. The molecule has 1 atom stereocenters. The van der Waals surface area contributed by atoms with Gasteiger partial charge in [-0.25, -0.2) is 0 Å². The summed E-state index contributed by atoms with van der Waals surface area (Å²) in [5, 5.41) is 5.06. The van der Waals surface area contributed by atoms with Crippen molar-refractivity contribution in [3.8, 4) is 0 Å². The quantitative estimate of drug-likeness (QED) is 0.729. The van der Waals surface area contributed by atoms with Crippen molar-refractivity contribution >= 4 is 28.2 Å². The van der Waals surface area contributed by atoms with E-state index in [1.807, 2.05) is 0 Å². The van der Waals surface area contributed by atoms with Crippen LogP contribution in [0.4, 0.5) is 5.00 Å². The van der Waals surface area contributed by atoms with Crippen LogP contribution in [0.1, 0.15) is 36.0 Å². The maximum atomic E-state index is 12.2. The molecule has 7 heteroatoms. The molecule has 0 spiro atoms. The summed E-state index contributed by atoms with van der Waals surface area (Å²) in [6.07, 6.45) is 4.31. The van der Waals surface area contributed by atoms with Gasteiger partial charge in [0.25, 0.3) is 5.91 Å². The van der Waals surface area contributed by atoms with Gasteiger partial charge in [-0.3, -0.25) is 14.5 Å². The van der Waals surface area contributed by atoms with Crippen molar-refractivity contribution < 1.29 is 9.59 Å². The first-order valence-electron chi connectivity index (χ1n) is 7.23. The molecule has 1 aliphatic heterocycles. The summed E-state index contributed by atoms with van der Waals surface area (Å²) < 4.78 is 0. The minimum absolute atomic E-state index is 0.108. The van der Waals surface area contributed by atoms with E-state index in [-0.39, 0.29) is 5.91 Å². The first kappa shape index (κ1) is 15.9. The highest BCUT2D eigenvalue weighted by molar-refractivity contribution is 7.14. The van der Waals surface area contributed by atoms with E-state index in [2.05, 4.69) is 10.2 Å². The predicted octanol–water partition coefficient (Wildman–Crippen LogP) is 0.989. The predicted molar refractivity (Wildman–Crippen MR) is 84.4 cm³/mol. The van der Waals surface area contributed by atoms with E-state index in [0.29, 0.717) is 29.7 Å². The monoisotopic (exact) mass is 310 g/mol. The van der Waals surface area contributed by atoms with Crippen molar-refractivity contribution in [1.82, 2.24) is 4.90 Å². The molecule has 2 amide bonds. The van der Waals surface area contributed by atoms with Crippen LogP contribution in [0, 0.1) is 0 Å². The van der Waals surface area contributed by atoms with Crippen LogP contribution < -0.4 is 16.8 Å². The Kier molecular flexibility index (Phi) is 5.72. The van der Waals surface area contributed by atoms with Crippen molar-refractivity contribution in [2.24, 2.45) is 11.5 Å². The van der Waals surface area contributed by atoms with Gasteiger partial charge in [0, 0.05) is 6.04 Å². The maximum Gasteiger partial charge on any atom is 0.251 e. The van der Waals surface area contributed by atoms with E-state index in [9.17, 15) is 9.59 Å². The summed E-state index contributed by atoms with van der Waals surface area (Å²) >= 11 is 1.31. The van der Waals surface area contributed by atoms with Gasteiger partial charge in [-0.15, -0.1) is 11.3 Å². The Morgan fingerprint density at radius 1 is 1.43 bits per heavy atom. The number of nitrogens with one attached hydrogen (secondary N) is 1. The third-order valence-corrected chi connectivity index (χ3v) is 4.61. The summed E-state index contributed by atoms with van der Waals surface area (Å²) in [6.45, 7) is 1.89. The SMILES string of the molecule is NCCC1CCCCN1CC(=O)Nc1sccc1C(N)=O. The molecule has 0 aromatic carbocycles. The van der Waals surface area contributed by atoms with Gasteiger partial charge in [0.05, 0.1) is 12.1 Å². The highest BCUT2D eigenvalue weighted by Gasteiger charge is 2.24. The summed E-state index contributed by atoms with van der Waals surface area (Å²) in [7, 11) is 0. The molecule has 0 radical (unpaired) electrons. The molecule has 21 heavy (non-hydrogen) atoms. The van der Waals surface area contributed by atoms with Gasteiger partial charge in [-0.2, -0.15) is 0 Å². The Morgan fingerprint density at radius 2 is 2.24 bits per heavy atom. The molecule has 0 saturated carbocycles. The molecule has 1 aromatic heterocycles. The number of piperidine rings is 1. The van der Waals surface area contributed by atoms with Crippen LogP contribution in [0.15, 0.2) is 11.4 Å². The Hall–Kier alpha value is -1.44. The van der Waals surface area contributed by atoms with Crippen molar-refractivity contribution in [3.05, 3.63) is 17.0 Å². The number of carbonyl (C=O) groups excluding carboxylic acids is 2. The lowest BCUT2D eigenvalue weighted by Crippen LogP contribution is -2.44. The van der Waals surface area contributed by atoms with Crippen LogP contribution in [0.25, 0.3) is 0 Å². The maximum absolute atomic E-state index is 12.2. The second-order valence-electron chi connectivity index (χ2n) is 5.27. The van der Waals surface area contributed by atoms with Gasteiger partial charge in [0.15, 0.2) is 0 Å². The Morgan fingerprint density at radius 3 is 2.95 bits per heavy atom. The minimum atomic E-state index is -0.523. The molecule has 1 aromatic rings.